The van der Waals surface area contributed by atoms with Crippen LogP contribution in [0.15, 0.2) is 23.4 Å². The van der Waals surface area contributed by atoms with Gasteiger partial charge < -0.3 is 0 Å². The number of hydrogen-bond acceptors (Lipinski definition) is 5. The quantitative estimate of drug-likeness (QED) is 0.547. The zero-order chi connectivity index (χ0) is 15.0. The predicted octanol–water partition coefficient (Wildman–Crippen LogP) is 3.32. The fraction of sp³-hybridized carbons (Fsp3) is 0.286. The number of rotatable bonds is 3. The molecular formula is C14H14ClN5S. The standard InChI is InChI=1S/C14H14ClN5S/c1-8-4-9(2)17-12(5-8)21-7-11-18-13(15)10-6-16-20(3)14(10)19-11/h4-6H,7H2,1-3H3. The first-order valence-corrected chi connectivity index (χ1v) is 7.81. The van der Waals surface area contributed by atoms with E-state index in [9.17, 15) is 0 Å². The van der Waals surface area contributed by atoms with Crippen LogP contribution in [0.25, 0.3) is 11.0 Å². The molecule has 0 aliphatic heterocycles. The molecule has 0 saturated carbocycles. The highest BCUT2D eigenvalue weighted by Crippen LogP contribution is 2.24. The lowest BCUT2D eigenvalue weighted by Gasteiger charge is -2.04. The number of fused-ring (bicyclic) bond motifs is 1. The van der Waals surface area contributed by atoms with Gasteiger partial charge in [0.25, 0.3) is 0 Å². The second-order valence-corrected chi connectivity index (χ2v) is 6.20. The Hall–Kier alpha value is -1.66. The van der Waals surface area contributed by atoms with Crippen molar-refractivity contribution in [3.05, 3.63) is 40.6 Å². The SMILES string of the molecule is Cc1cc(C)nc(SCc2nc(Cl)c3cnn(C)c3n2)c1. The maximum atomic E-state index is 6.18. The molecule has 5 nitrogen and oxygen atoms in total. The molecule has 3 heterocycles. The number of nitrogens with zero attached hydrogens (tertiary/aromatic N) is 5. The molecule has 0 spiro atoms. The average Bonchev–Trinajstić information content (AvgIpc) is 2.78. The van der Waals surface area contributed by atoms with Crippen molar-refractivity contribution in [2.24, 2.45) is 7.05 Å². The van der Waals surface area contributed by atoms with E-state index in [4.69, 9.17) is 11.6 Å². The maximum Gasteiger partial charge on any atom is 0.162 e. The summed E-state index contributed by atoms with van der Waals surface area (Å²) >= 11 is 7.78. The van der Waals surface area contributed by atoms with Gasteiger partial charge in [0.1, 0.15) is 11.0 Å². The van der Waals surface area contributed by atoms with Crippen LogP contribution < -0.4 is 0 Å². The molecule has 7 heteroatoms. The minimum atomic E-state index is 0.442. The summed E-state index contributed by atoms with van der Waals surface area (Å²) in [7, 11) is 1.84. The van der Waals surface area contributed by atoms with Gasteiger partial charge in [0.05, 0.1) is 22.4 Å². The number of pyridine rings is 1. The number of hydrogen-bond donors (Lipinski definition) is 0. The third-order valence-electron chi connectivity index (χ3n) is 3.02. The van der Waals surface area contributed by atoms with Gasteiger partial charge in [-0.1, -0.05) is 23.4 Å². The Kier molecular flexibility index (Phi) is 3.82. The van der Waals surface area contributed by atoms with Crippen LogP contribution in [0.2, 0.25) is 5.15 Å². The van der Waals surface area contributed by atoms with E-state index in [1.54, 1.807) is 22.6 Å². The van der Waals surface area contributed by atoms with E-state index in [0.29, 0.717) is 16.7 Å². The molecule has 0 radical (unpaired) electrons. The Morgan fingerprint density at radius 1 is 1.19 bits per heavy atom. The Bertz CT molecular complexity index is 794. The molecule has 108 valence electrons. The van der Waals surface area contributed by atoms with Crippen LogP contribution in [0.3, 0.4) is 0 Å². The van der Waals surface area contributed by atoms with Crippen molar-refractivity contribution in [2.45, 2.75) is 24.6 Å². The number of thioether (sulfide) groups is 1. The summed E-state index contributed by atoms with van der Waals surface area (Å²) in [6, 6.07) is 4.11. The second kappa shape index (κ2) is 5.61. The highest BCUT2D eigenvalue weighted by Gasteiger charge is 2.10. The number of halogens is 1. The second-order valence-electron chi connectivity index (χ2n) is 4.85. The Labute approximate surface area is 131 Å². The maximum absolute atomic E-state index is 6.18. The van der Waals surface area contributed by atoms with Gasteiger partial charge in [-0.25, -0.2) is 15.0 Å². The fourth-order valence-corrected chi connectivity index (χ4v) is 3.23. The molecule has 0 bridgehead atoms. The van der Waals surface area contributed by atoms with Gasteiger partial charge in [0, 0.05) is 12.7 Å². The molecule has 0 atom stereocenters. The van der Waals surface area contributed by atoms with Gasteiger partial charge in [-0.2, -0.15) is 5.10 Å². The van der Waals surface area contributed by atoms with E-state index in [1.165, 1.54) is 5.56 Å². The lowest BCUT2D eigenvalue weighted by atomic mass is 10.3. The molecular weight excluding hydrogens is 306 g/mol. The van der Waals surface area contributed by atoms with Crippen molar-refractivity contribution in [3.63, 3.8) is 0 Å². The number of aryl methyl sites for hydroxylation is 3. The van der Waals surface area contributed by atoms with Crippen molar-refractivity contribution < 1.29 is 0 Å². The summed E-state index contributed by atoms with van der Waals surface area (Å²) in [4.78, 5) is 13.3. The van der Waals surface area contributed by atoms with Crippen molar-refractivity contribution in [1.29, 1.82) is 0 Å². The van der Waals surface area contributed by atoms with Crippen LogP contribution >= 0.6 is 23.4 Å². The van der Waals surface area contributed by atoms with E-state index < -0.39 is 0 Å². The molecule has 3 rings (SSSR count). The Morgan fingerprint density at radius 3 is 2.76 bits per heavy atom. The van der Waals surface area contributed by atoms with Crippen LogP contribution in [-0.4, -0.2) is 24.7 Å². The summed E-state index contributed by atoms with van der Waals surface area (Å²) in [6.45, 7) is 4.06. The van der Waals surface area contributed by atoms with Crippen molar-refractivity contribution in [2.75, 3.05) is 0 Å². The zero-order valence-electron chi connectivity index (χ0n) is 12.0. The van der Waals surface area contributed by atoms with Gasteiger partial charge in [-0.15, -0.1) is 0 Å². The minimum Gasteiger partial charge on any atom is -0.250 e. The van der Waals surface area contributed by atoms with Crippen LogP contribution in [-0.2, 0) is 12.8 Å². The molecule has 0 aliphatic carbocycles. The predicted molar refractivity (Wildman–Crippen MR) is 84.6 cm³/mol. The van der Waals surface area contributed by atoms with E-state index in [2.05, 4.69) is 39.1 Å². The average molecular weight is 320 g/mol. The highest BCUT2D eigenvalue weighted by molar-refractivity contribution is 7.98. The summed E-state index contributed by atoms with van der Waals surface area (Å²) in [5, 5.41) is 6.34. The van der Waals surface area contributed by atoms with E-state index in [-0.39, 0.29) is 0 Å². The van der Waals surface area contributed by atoms with Crippen LogP contribution in [0, 0.1) is 13.8 Å². The number of aromatic nitrogens is 5. The third-order valence-corrected chi connectivity index (χ3v) is 4.21. The molecule has 0 amide bonds. The molecule has 3 aromatic rings. The summed E-state index contributed by atoms with van der Waals surface area (Å²) in [5.41, 5.74) is 2.96. The molecule has 0 N–H and O–H groups in total. The lowest BCUT2D eigenvalue weighted by molar-refractivity contribution is 0.782. The summed E-state index contributed by atoms with van der Waals surface area (Å²) < 4.78 is 1.70. The molecule has 0 aliphatic rings. The smallest absolute Gasteiger partial charge is 0.162 e. The topological polar surface area (TPSA) is 56.5 Å². The molecule has 21 heavy (non-hydrogen) atoms. The van der Waals surface area contributed by atoms with Crippen LogP contribution in [0.4, 0.5) is 0 Å². The monoisotopic (exact) mass is 319 g/mol. The first-order chi connectivity index (χ1) is 10.0. The fourth-order valence-electron chi connectivity index (χ4n) is 2.11. The lowest BCUT2D eigenvalue weighted by Crippen LogP contribution is -1.98. The van der Waals surface area contributed by atoms with E-state index >= 15 is 0 Å². The van der Waals surface area contributed by atoms with Crippen molar-refractivity contribution >= 4 is 34.4 Å². The largest absolute Gasteiger partial charge is 0.250 e. The van der Waals surface area contributed by atoms with Gasteiger partial charge in [-0.05, 0) is 31.5 Å². The zero-order valence-corrected chi connectivity index (χ0v) is 13.5. The minimum absolute atomic E-state index is 0.442. The Balaban J connectivity index is 1.86. The molecule has 0 saturated heterocycles. The Morgan fingerprint density at radius 2 is 2.00 bits per heavy atom. The van der Waals surface area contributed by atoms with Gasteiger partial charge in [0.15, 0.2) is 5.65 Å². The van der Waals surface area contributed by atoms with E-state index in [1.807, 2.05) is 14.0 Å². The molecule has 0 unspecified atom stereocenters. The highest BCUT2D eigenvalue weighted by atomic mass is 35.5. The first kappa shape index (κ1) is 14.3. The normalized spacial score (nSPS) is 11.2. The molecule has 3 aromatic heterocycles. The van der Waals surface area contributed by atoms with Gasteiger partial charge in [-0.3, -0.25) is 4.68 Å². The van der Waals surface area contributed by atoms with Gasteiger partial charge in [0.2, 0.25) is 0 Å². The van der Waals surface area contributed by atoms with Crippen molar-refractivity contribution in [3.8, 4) is 0 Å². The van der Waals surface area contributed by atoms with Crippen LogP contribution in [0.5, 0.6) is 0 Å². The third kappa shape index (κ3) is 3.01. The molecule has 0 aromatic carbocycles. The summed E-state index contributed by atoms with van der Waals surface area (Å²) in [6.07, 6.45) is 1.68. The first-order valence-electron chi connectivity index (χ1n) is 6.45. The van der Waals surface area contributed by atoms with Gasteiger partial charge >= 0.3 is 0 Å². The van der Waals surface area contributed by atoms with Crippen molar-refractivity contribution in [1.82, 2.24) is 24.7 Å². The summed E-state index contributed by atoms with van der Waals surface area (Å²) in [5.74, 6) is 1.30. The van der Waals surface area contributed by atoms with Crippen LogP contribution in [0.1, 0.15) is 17.1 Å². The molecule has 0 fully saturated rings. The van der Waals surface area contributed by atoms with E-state index in [0.717, 1.165) is 21.8 Å².